The van der Waals surface area contributed by atoms with Crippen LogP contribution in [-0.4, -0.2) is 16.5 Å². The lowest BCUT2D eigenvalue weighted by Crippen LogP contribution is -2.06. The molecule has 16 heavy (non-hydrogen) atoms. The zero-order valence-corrected chi connectivity index (χ0v) is 8.76. The fraction of sp³-hybridized carbons (Fsp3) is 0.400. The van der Waals surface area contributed by atoms with Crippen molar-refractivity contribution < 1.29 is 18.9 Å². The van der Waals surface area contributed by atoms with E-state index in [0.717, 1.165) is 6.07 Å². The molecule has 86 valence electrons. The van der Waals surface area contributed by atoms with E-state index in [9.17, 15) is 19.7 Å². The quantitative estimate of drug-likeness (QED) is 0.320. The summed E-state index contributed by atoms with van der Waals surface area (Å²) in [6.45, 7) is 1.83. The molecule has 0 radical (unpaired) electrons. The summed E-state index contributed by atoms with van der Waals surface area (Å²) in [6.07, 6.45) is 0.734. The van der Waals surface area contributed by atoms with Gasteiger partial charge >= 0.3 is 5.88 Å². The third-order valence-electron chi connectivity index (χ3n) is 1.93. The molecule has 0 aliphatic rings. The first-order valence-electron chi connectivity index (χ1n) is 4.83. The van der Waals surface area contributed by atoms with Gasteiger partial charge in [0.05, 0.1) is 12.5 Å². The Morgan fingerprint density at radius 1 is 1.44 bits per heavy atom. The summed E-state index contributed by atoms with van der Waals surface area (Å²) in [4.78, 5) is 32.2. The summed E-state index contributed by atoms with van der Waals surface area (Å²) >= 11 is 0. The van der Waals surface area contributed by atoms with E-state index < -0.39 is 16.6 Å². The predicted molar refractivity (Wildman–Crippen MR) is 54.2 cm³/mol. The van der Waals surface area contributed by atoms with Gasteiger partial charge in [0.2, 0.25) is 5.78 Å². The molecule has 1 rings (SSSR count). The van der Waals surface area contributed by atoms with Crippen LogP contribution in [0.2, 0.25) is 0 Å². The van der Waals surface area contributed by atoms with Gasteiger partial charge in [-0.1, -0.05) is 6.92 Å². The highest BCUT2D eigenvalue weighted by Gasteiger charge is 2.18. The van der Waals surface area contributed by atoms with Crippen LogP contribution < -0.4 is 0 Å². The lowest BCUT2D eigenvalue weighted by atomic mass is 10.1. The first-order chi connectivity index (χ1) is 7.54. The largest absolute Gasteiger partial charge is 0.433 e. The van der Waals surface area contributed by atoms with Crippen LogP contribution in [0.3, 0.4) is 0 Å². The molecule has 1 aromatic rings. The molecular weight excluding hydrogens is 214 g/mol. The normalized spacial score (nSPS) is 10.1. The van der Waals surface area contributed by atoms with E-state index >= 15 is 0 Å². The van der Waals surface area contributed by atoms with Crippen molar-refractivity contribution in [3.8, 4) is 0 Å². The van der Waals surface area contributed by atoms with Gasteiger partial charge in [-0.05, 0) is 12.5 Å². The molecular formula is C10H11NO5. The van der Waals surface area contributed by atoms with Crippen LogP contribution in [0.1, 0.15) is 36.7 Å². The van der Waals surface area contributed by atoms with E-state index in [1.165, 1.54) is 6.07 Å². The average Bonchev–Trinajstić information content (AvgIpc) is 2.66. The number of furan rings is 1. The Morgan fingerprint density at radius 3 is 2.62 bits per heavy atom. The molecule has 0 saturated heterocycles. The van der Waals surface area contributed by atoms with Crippen LogP contribution in [0.25, 0.3) is 0 Å². The molecule has 6 heteroatoms. The van der Waals surface area contributed by atoms with E-state index in [1.807, 2.05) is 6.92 Å². The third-order valence-corrected chi connectivity index (χ3v) is 1.93. The molecule has 0 N–H and O–H groups in total. The second-order valence-corrected chi connectivity index (χ2v) is 3.28. The van der Waals surface area contributed by atoms with Gasteiger partial charge in [0, 0.05) is 6.42 Å². The monoisotopic (exact) mass is 225 g/mol. The SMILES string of the molecule is CCCC(=O)CC(=O)c1ccc([N+](=O)[O-])o1. The molecule has 0 bridgehead atoms. The summed E-state index contributed by atoms with van der Waals surface area (Å²) in [5.74, 6) is -1.35. The van der Waals surface area contributed by atoms with Crippen molar-refractivity contribution in [3.63, 3.8) is 0 Å². The van der Waals surface area contributed by atoms with E-state index in [0.29, 0.717) is 12.8 Å². The highest BCUT2D eigenvalue weighted by Crippen LogP contribution is 2.17. The highest BCUT2D eigenvalue weighted by atomic mass is 16.6. The Bertz CT molecular complexity index is 421. The minimum Gasteiger partial charge on any atom is -0.397 e. The summed E-state index contributed by atoms with van der Waals surface area (Å²) in [6, 6.07) is 2.30. The van der Waals surface area contributed by atoms with Crippen LogP contribution >= 0.6 is 0 Å². The van der Waals surface area contributed by atoms with E-state index in [1.54, 1.807) is 0 Å². The second kappa shape index (κ2) is 5.20. The Hall–Kier alpha value is -1.98. The summed E-state index contributed by atoms with van der Waals surface area (Å²) < 4.78 is 4.69. The number of nitro groups is 1. The van der Waals surface area contributed by atoms with Crippen molar-refractivity contribution in [3.05, 3.63) is 28.0 Å². The smallest absolute Gasteiger partial charge is 0.397 e. The number of ketones is 2. The van der Waals surface area contributed by atoms with Gasteiger partial charge in [0.1, 0.15) is 10.7 Å². The fourth-order valence-corrected chi connectivity index (χ4v) is 1.21. The van der Waals surface area contributed by atoms with Crippen molar-refractivity contribution in [1.29, 1.82) is 0 Å². The minimum absolute atomic E-state index is 0.142. The van der Waals surface area contributed by atoms with E-state index in [2.05, 4.69) is 4.42 Å². The third kappa shape index (κ3) is 3.01. The molecule has 0 atom stereocenters. The molecule has 6 nitrogen and oxygen atoms in total. The maximum Gasteiger partial charge on any atom is 0.433 e. The van der Waals surface area contributed by atoms with Crippen LogP contribution in [-0.2, 0) is 4.79 Å². The minimum atomic E-state index is -0.732. The van der Waals surface area contributed by atoms with Crippen molar-refractivity contribution >= 4 is 17.5 Å². The maximum atomic E-state index is 11.4. The number of rotatable bonds is 6. The van der Waals surface area contributed by atoms with Gasteiger partial charge in [0.25, 0.3) is 0 Å². The fourth-order valence-electron chi connectivity index (χ4n) is 1.21. The van der Waals surface area contributed by atoms with Crippen molar-refractivity contribution in [2.75, 3.05) is 0 Å². The van der Waals surface area contributed by atoms with Crippen molar-refractivity contribution in [2.45, 2.75) is 26.2 Å². The molecule has 0 unspecified atom stereocenters. The zero-order chi connectivity index (χ0) is 12.1. The summed E-state index contributed by atoms with van der Waals surface area (Å²) in [5, 5.41) is 10.3. The zero-order valence-electron chi connectivity index (χ0n) is 8.76. The highest BCUT2D eigenvalue weighted by molar-refractivity contribution is 6.06. The number of Topliss-reactive ketones (excluding diaryl/α,β-unsaturated/α-hetero) is 2. The lowest BCUT2D eigenvalue weighted by molar-refractivity contribution is -0.402. The number of carbonyl (C=O) groups excluding carboxylic acids is 2. The van der Waals surface area contributed by atoms with E-state index in [-0.39, 0.29) is 18.0 Å². The Kier molecular flexibility index (Phi) is 3.93. The molecule has 0 aliphatic heterocycles. The van der Waals surface area contributed by atoms with Gasteiger partial charge in [-0.3, -0.25) is 19.7 Å². The molecule has 0 saturated carbocycles. The molecule has 0 aromatic carbocycles. The lowest BCUT2D eigenvalue weighted by Gasteiger charge is -1.95. The molecule has 1 heterocycles. The van der Waals surface area contributed by atoms with E-state index in [4.69, 9.17) is 0 Å². The van der Waals surface area contributed by atoms with Crippen molar-refractivity contribution in [2.24, 2.45) is 0 Å². The molecule has 0 amide bonds. The van der Waals surface area contributed by atoms with Gasteiger partial charge in [-0.15, -0.1) is 0 Å². The Labute approximate surface area is 91.4 Å². The first kappa shape index (κ1) is 12.1. The average molecular weight is 225 g/mol. The second-order valence-electron chi connectivity index (χ2n) is 3.28. The summed E-state index contributed by atoms with van der Waals surface area (Å²) in [5.41, 5.74) is 0. The van der Waals surface area contributed by atoms with Gasteiger partial charge in [0.15, 0.2) is 5.76 Å². The first-order valence-corrected chi connectivity index (χ1v) is 4.83. The number of hydrogen-bond donors (Lipinski definition) is 0. The number of nitrogens with zero attached hydrogens (tertiary/aromatic N) is 1. The van der Waals surface area contributed by atoms with Crippen LogP contribution in [0.15, 0.2) is 16.5 Å². The van der Waals surface area contributed by atoms with Gasteiger partial charge in [-0.2, -0.15) is 0 Å². The summed E-state index contributed by atoms with van der Waals surface area (Å²) in [7, 11) is 0. The Morgan fingerprint density at radius 2 is 2.12 bits per heavy atom. The topological polar surface area (TPSA) is 90.4 Å². The van der Waals surface area contributed by atoms with Crippen LogP contribution in [0, 0.1) is 10.1 Å². The van der Waals surface area contributed by atoms with Gasteiger partial charge < -0.3 is 4.42 Å². The molecule has 0 fully saturated rings. The predicted octanol–water partition coefficient (Wildman–Crippen LogP) is 2.13. The van der Waals surface area contributed by atoms with Crippen LogP contribution in [0.5, 0.6) is 0 Å². The number of hydrogen-bond acceptors (Lipinski definition) is 5. The standard InChI is InChI=1S/C10H11NO5/c1-2-3-7(12)6-8(13)9-4-5-10(16-9)11(14)15/h4-5H,2-3,6H2,1H3. The molecule has 0 aliphatic carbocycles. The molecule has 0 spiro atoms. The maximum absolute atomic E-state index is 11.4. The van der Waals surface area contributed by atoms with Crippen molar-refractivity contribution in [1.82, 2.24) is 0 Å². The van der Waals surface area contributed by atoms with Gasteiger partial charge in [-0.25, -0.2) is 0 Å². The molecule has 1 aromatic heterocycles. The Balaban J connectivity index is 2.66. The van der Waals surface area contributed by atoms with Crippen LogP contribution in [0.4, 0.5) is 5.88 Å². The number of carbonyl (C=O) groups is 2.